The summed E-state index contributed by atoms with van der Waals surface area (Å²) in [5, 5.41) is 7.37. The number of nitrogens with one attached hydrogen (secondary N) is 2. The van der Waals surface area contributed by atoms with Gasteiger partial charge in [0.15, 0.2) is 0 Å². The van der Waals surface area contributed by atoms with Gasteiger partial charge in [-0.3, -0.25) is 14.3 Å². The number of anilines is 1. The third-order valence-electron chi connectivity index (χ3n) is 5.06. The maximum Gasteiger partial charge on any atom is 0.258 e. The molecular formula is C22H24ClN5O2. The number of halogens is 1. The Morgan fingerprint density at radius 2 is 2.00 bits per heavy atom. The third kappa shape index (κ3) is 5.37. The SMILES string of the molecule is O=c1cc(OCc2ccc(Cl)cn2)ccn1-c1ccc(NCCNC2CCC2)nc1. The average Bonchev–Trinajstić information content (AvgIpc) is 2.73. The van der Waals surface area contributed by atoms with Crippen molar-refractivity contribution in [1.82, 2.24) is 19.9 Å². The smallest absolute Gasteiger partial charge is 0.258 e. The summed E-state index contributed by atoms with van der Waals surface area (Å²) >= 11 is 5.83. The van der Waals surface area contributed by atoms with Gasteiger partial charge in [0.25, 0.3) is 5.56 Å². The number of nitrogens with zero attached hydrogens (tertiary/aromatic N) is 3. The molecule has 3 heterocycles. The summed E-state index contributed by atoms with van der Waals surface area (Å²) in [6.07, 6.45) is 8.82. The Morgan fingerprint density at radius 3 is 2.67 bits per heavy atom. The molecule has 0 spiro atoms. The van der Waals surface area contributed by atoms with Gasteiger partial charge >= 0.3 is 0 Å². The van der Waals surface area contributed by atoms with Crippen molar-refractivity contribution in [2.45, 2.75) is 31.9 Å². The van der Waals surface area contributed by atoms with Crippen molar-refractivity contribution in [3.8, 4) is 11.4 Å². The molecule has 4 rings (SSSR count). The Kier molecular flexibility index (Phi) is 6.61. The normalized spacial score (nSPS) is 13.6. The van der Waals surface area contributed by atoms with Gasteiger partial charge < -0.3 is 15.4 Å². The van der Waals surface area contributed by atoms with E-state index >= 15 is 0 Å². The summed E-state index contributed by atoms with van der Waals surface area (Å²) in [4.78, 5) is 21.1. The zero-order valence-electron chi connectivity index (χ0n) is 16.6. The standard InChI is InChI=1S/C22H24ClN5O2/c23-16-4-5-18(26-13-16)15-30-20-8-11-28(22(29)12-20)19-6-7-21(27-14-19)25-10-9-24-17-2-1-3-17/h4-8,11-14,17,24H,1-3,9-10,15H2,(H,25,27). The summed E-state index contributed by atoms with van der Waals surface area (Å²) in [5.74, 6) is 1.27. The molecule has 3 aromatic heterocycles. The second kappa shape index (κ2) is 9.73. The fraction of sp³-hybridized carbons (Fsp3) is 0.318. The van der Waals surface area contributed by atoms with Crippen LogP contribution in [0.25, 0.3) is 5.69 Å². The Labute approximate surface area is 180 Å². The van der Waals surface area contributed by atoms with E-state index in [2.05, 4.69) is 20.6 Å². The van der Waals surface area contributed by atoms with Crippen LogP contribution in [0.3, 0.4) is 0 Å². The topological polar surface area (TPSA) is 81.1 Å². The maximum atomic E-state index is 12.5. The molecule has 2 N–H and O–H groups in total. The lowest BCUT2D eigenvalue weighted by molar-refractivity contribution is 0.300. The molecule has 1 saturated carbocycles. The van der Waals surface area contributed by atoms with Crippen LogP contribution in [0.5, 0.6) is 5.75 Å². The van der Waals surface area contributed by atoms with E-state index in [0.29, 0.717) is 22.5 Å². The first-order chi connectivity index (χ1) is 14.7. The number of hydrogen-bond donors (Lipinski definition) is 2. The van der Waals surface area contributed by atoms with E-state index in [-0.39, 0.29) is 12.2 Å². The molecule has 0 radical (unpaired) electrons. The lowest BCUT2D eigenvalue weighted by atomic mass is 9.93. The van der Waals surface area contributed by atoms with Crippen LogP contribution in [0.1, 0.15) is 25.0 Å². The lowest BCUT2D eigenvalue weighted by Gasteiger charge is -2.26. The summed E-state index contributed by atoms with van der Waals surface area (Å²) in [6, 6.07) is 11.2. The molecule has 0 atom stereocenters. The van der Waals surface area contributed by atoms with E-state index in [4.69, 9.17) is 16.3 Å². The van der Waals surface area contributed by atoms with E-state index in [1.165, 1.54) is 29.9 Å². The minimum atomic E-state index is -0.191. The summed E-state index contributed by atoms with van der Waals surface area (Å²) < 4.78 is 7.19. The zero-order valence-corrected chi connectivity index (χ0v) is 17.3. The van der Waals surface area contributed by atoms with E-state index in [1.54, 1.807) is 36.8 Å². The largest absolute Gasteiger partial charge is 0.487 e. The average molecular weight is 426 g/mol. The predicted octanol–water partition coefficient (Wildman–Crippen LogP) is 3.41. The molecule has 0 aliphatic heterocycles. The minimum Gasteiger partial charge on any atom is -0.487 e. The number of rotatable bonds is 9. The van der Waals surface area contributed by atoms with Gasteiger partial charge in [-0.15, -0.1) is 0 Å². The van der Waals surface area contributed by atoms with Crippen LogP contribution < -0.4 is 20.9 Å². The van der Waals surface area contributed by atoms with Crippen LogP contribution >= 0.6 is 11.6 Å². The molecule has 1 fully saturated rings. The summed E-state index contributed by atoms with van der Waals surface area (Å²) in [7, 11) is 0. The van der Waals surface area contributed by atoms with Gasteiger partial charge in [0.05, 0.1) is 22.6 Å². The molecule has 8 heteroatoms. The molecule has 0 unspecified atom stereocenters. The van der Waals surface area contributed by atoms with E-state index in [1.807, 2.05) is 12.1 Å². The molecule has 1 aliphatic rings. The highest BCUT2D eigenvalue weighted by molar-refractivity contribution is 6.30. The molecule has 0 amide bonds. The fourth-order valence-corrected chi connectivity index (χ4v) is 3.24. The van der Waals surface area contributed by atoms with Crippen LogP contribution in [-0.4, -0.2) is 33.7 Å². The Morgan fingerprint density at radius 1 is 1.10 bits per heavy atom. The molecular weight excluding hydrogens is 402 g/mol. The van der Waals surface area contributed by atoms with E-state index in [9.17, 15) is 4.79 Å². The molecule has 0 aromatic carbocycles. The second-order valence-corrected chi connectivity index (χ2v) is 7.67. The molecule has 3 aromatic rings. The van der Waals surface area contributed by atoms with Gasteiger partial charge in [0.2, 0.25) is 0 Å². The summed E-state index contributed by atoms with van der Waals surface area (Å²) in [5.41, 5.74) is 1.24. The highest BCUT2D eigenvalue weighted by Gasteiger charge is 2.15. The monoisotopic (exact) mass is 425 g/mol. The van der Waals surface area contributed by atoms with Gasteiger partial charge in [-0.1, -0.05) is 18.0 Å². The highest BCUT2D eigenvalue weighted by atomic mass is 35.5. The molecule has 30 heavy (non-hydrogen) atoms. The van der Waals surface area contributed by atoms with Crippen molar-refractivity contribution in [2.24, 2.45) is 0 Å². The van der Waals surface area contributed by atoms with Crippen LogP contribution in [-0.2, 0) is 6.61 Å². The van der Waals surface area contributed by atoms with Gasteiger partial charge in [-0.25, -0.2) is 4.98 Å². The van der Waals surface area contributed by atoms with E-state index < -0.39 is 0 Å². The van der Waals surface area contributed by atoms with Gasteiger partial charge in [0, 0.05) is 37.6 Å². The summed E-state index contributed by atoms with van der Waals surface area (Å²) in [6.45, 7) is 2.00. The Balaban J connectivity index is 1.31. The molecule has 1 aliphatic carbocycles. The number of pyridine rings is 3. The van der Waals surface area contributed by atoms with Crippen molar-refractivity contribution in [1.29, 1.82) is 0 Å². The minimum absolute atomic E-state index is 0.191. The molecule has 156 valence electrons. The van der Waals surface area contributed by atoms with Crippen LogP contribution in [0, 0.1) is 0 Å². The van der Waals surface area contributed by atoms with Gasteiger partial charge in [0.1, 0.15) is 18.2 Å². The first-order valence-electron chi connectivity index (χ1n) is 10.1. The van der Waals surface area contributed by atoms with E-state index in [0.717, 1.165) is 24.6 Å². The van der Waals surface area contributed by atoms with Crippen molar-refractivity contribution in [2.75, 3.05) is 18.4 Å². The van der Waals surface area contributed by atoms with Crippen LogP contribution in [0.2, 0.25) is 5.02 Å². The highest BCUT2D eigenvalue weighted by Crippen LogP contribution is 2.17. The fourth-order valence-electron chi connectivity index (χ4n) is 3.13. The zero-order chi connectivity index (χ0) is 20.8. The van der Waals surface area contributed by atoms with Gasteiger partial charge in [-0.2, -0.15) is 0 Å². The van der Waals surface area contributed by atoms with Crippen molar-refractivity contribution in [3.63, 3.8) is 0 Å². The van der Waals surface area contributed by atoms with Crippen molar-refractivity contribution >= 4 is 17.4 Å². The molecule has 7 nitrogen and oxygen atoms in total. The number of aromatic nitrogens is 3. The Hall–Kier alpha value is -2.90. The van der Waals surface area contributed by atoms with Crippen LogP contribution in [0.4, 0.5) is 5.82 Å². The van der Waals surface area contributed by atoms with Gasteiger partial charge in [-0.05, 0) is 43.2 Å². The predicted molar refractivity (Wildman–Crippen MR) is 118 cm³/mol. The quantitative estimate of drug-likeness (QED) is 0.511. The van der Waals surface area contributed by atoms with Crippen molar-refractivity contribution in [3.05, 3.63) is 76.1 Å². The molecule has 0 bridgehead atoms. The lowest BCUT2D eigenvalue weighted by Crippen LogP contribution is -2.37. The molecule has 0 saturated heterocycles. The number of ether oxygens (including phenoxy) is 1. The van der Waals surface area contributed by atoms with Crippen molar-refractivity contribution < 1.29 is 4.74 Å². The third-order valence-corrected chi connectivity index (χ3v) is 5.29. The number of hydrogen-bond acceptors (Lipinski definition) is 6. The second-order valence-electron chi connectivity index (χ2n) is 7.24. The maximum absolute atomic E-state index is 12.5. The first-order valence-corrected chi connectivity index (χ1v) is 10.4. The first kappa shape index (κ1) is 20.4. The van der Waals surface area contributed by atoms with Crippen LogP contribution in [0.15, 0.2) is 59.8 Å². The Bertz CT molecular complexity index is 1020.